The molecule has 3 aliphatic heterocycles. The van der Waals surface area contributed by atoms with Crippen molar-refractivity contribution in [3.63, 3.8) is 0 Å². The maximum absolute atomic E-state index is 13.3. The van der Waals surface area contributed by atoms with Gasteiger partial charge in [-0.25, -0.2) is 4.39 Å². The highest BCUT2D eigenvalue weighted by molar-refractivity contribution is 6.25. The SMILES string of the molecule is C=C(F)CCC(=O)N1CCC(n2cc(CNc3cccc4c3C(=O)N(C3CCC(=O)NC3=O)C4=O)cn2)CC1. The van der Waals surface area contributed by atoms with Crippen LogP contribution in [0.15, 0.2) is 43.0 Å². The average Bonchev–Trinajstić information content (AvgIpc) is 3.49. The summed E-state index contributed by atoms with van der Waals surface area (Å²) in [5.74, 6) is -2.75. The molecule has 12 heteroatoms. The number of halogens is 1. The number of fused-ring (bicyclic) bond motifs is 1. The monoisotopic (exact) mass is 536 g/mol. The van der Waals surface area contributed by atoms with Crippen LogP contribution < -0.4 is 10.6 Å². The molecule has 0 aliphatic carbocycles. The lowest BCUT2D eigenvalue weighted by molar-refractivity contribution is -0.136. The minimum Gasteiger partial charge on any atom is -0.380 e. The minimum absolute atomic E-state index is 0.0492. The van der Waals surface area contributed by atoms with E-state index >= 15 is 0 Å². The molecule has 0 bridgehead atoms. The second-order valence-electron chi connectivity index (χ2n) is 9.99. The number of nitrogens with zero attached hydrogens (tertiary/aromatic N) is 4. The average molecular weight is 537 g/mol. The van der Waals surface area contributed by atoms with E-state index in [1.165, 1.54) is 0 Å². The van der Waals surface area contributed by atoms with Crippen molar-refractivity contribution in [1.29, 1.82) is 0 Å². The molecule has 11 nitrogen and oxygen atoms in total. The summed E-state index contributed by atoms with van der Waals surface area (Å²) < 4.78 is 14.7. The van der Waals surface area contributed by atoms with Gasteiger partial charge in [0.1, 0.15) is 6.04 Å². The number of imide groups is 2. The van der Waals surface area contributed by atoms with Gasteiger partial charge in [0, 0.05) is 56.3 Å². The Hall–Kier alpha value is -4.35. The minimum atomic E-state index is -1.02. The molecule has 1 aromatic carbocycles. The van der Waals surface area contributed by atoms with Gasteiger partial charge in [-0.05, 0) is 31.4 Å². The van der Waals surface area contributed by atoms with Crippen molar-refractivity contribution in [2.45, 2.75) is 57.2 Å². The maximum atomic E-state index is 13.3. The Morgan fingerprint density at radius 3 is 2.59 bits per heavy atom. The van der Waals surface area contributed by atoms with Crippen molar-refractivity contribution in [2.75, 3.05) is 18.4 Å². The number of carbonyl (C=O) groups excluding carboxylic acids is 5. The van der Waals surface area contributed by atoms with E-state index in [-0.39, 0.29) is 48.8 Å². The molecule has 1 atom stereocenters. The highest BCUT2D eigenvalue weighted by Gasteiger charge is 2.45. The number of nitrogens with one attached hydrogen (secondary N) is 2. The molecule has 2 aromatic rings. The van der Waals surface area contributed by atoms with Crippen molar-refractivity contribution in [3.05, 3.63) is 59.7 Å². The zero-order valence-electron chi connectivity index (χ0n) is 21.3. The van der Waals surface area contributed by atoms with Crippen molar-refractivity contribution >= 4 is 35.2 Å². The smallest absolute Gasteiger partial charge is 0.264 e. The molecule has 0 saturated carbocycles. The number of amides is 5. The van der Waals surface area contributed by atoms with E-state index in [0.717, 1.165) is 23.3 Å². The van der Waals surface area contributed by atoms with E-state index in [1.807, 2.05) is 10.9 Å². The Labute approximate surface area is 224 Å². The first-order chi connectivity index (χ1) is 18.7. The number of anilines is 1. The van der Waals surface area contributed by atoms with E-state index in [2.05, 4.69) is 22.3 Å². The lowest BCUT2D eigenvalue weighted by Crippen LogP contribution is -2.54. The number of benzene rings is 1. The molecule has 3 aliphatic rings. The summed E-state index contributed by atoms with van der Waals surface area (Å²) in [6.45, 7) is 4.70. The molecule has 5 amide bonds. The van der Waals surface area contributed by atoms with Crippen molar-refractivity contribution in [1.82, 2.24) is 24.9 Å². The van der Waals surface area contributed by atoms with Crippen LogP contribution in [0.25, 0.3) is 0 Å². The van der Waals surface area contributed by atoms with Crippen LogP contribution in [0.4, 0.5) is 10.1 Å². The van der Waals surface area contributed by atoms with E-state index in [1.54, 1.807) is 29.3 Å². The van der Waals surface area contributed by atoms with Crippen molar-refractivity contribution in [2.24, 2.45) is 0 Å². The number of hydrogen-bond acceptors (Lipinski definition) is 7. The second kappa shape index (κ2) is 10.8. The van der Waals surface area contributed by atoms with Crippen LogP contribution in [0.2, 0.25) is 0 Å². The predicted molar refractivity (Wildman–Crippen MR) is 137 cm³/mol. The molecular weight excluding hydrogens is 507 g/mol. The quantitative estimate of drug-likeness (QED) is 0.495. The third-order valence-electron chi connectivity index (χ3n) is 7.41. The third-order valence-corrected chi connectivity index (χ3v) is 7.41. The molecule has 2 saturated heterocycles. The summed E-state index contributed by atoms with van der Waals surface area (Å²) in [6.07, 6.45) is 5.43. The first kappa shape index (κ1) is 26.3. The van der Waals surface area contributed by atoms with Crippen molar-refractivity contribution < 1.29 is 28.4 Å². The number of allylic oxidation sites excluding steroid dienone is 1. The van der Waals surface area contributed by atoms with Crippen molar-refractivity contribution in [3.8, 4) is 0 Å². The van der Waals surface area contributed by atoms with E-state index < -0.39 is 35.5 Å². The molecule has 39 heavy (non-hydrogen) atoms. The summed E-state index contributed by atoms with van der Waals surface area (Å²) >= 11 is 0. The van der Waals surface area contributed by atoms with Crippen LogP contribution in [-0.2, 0) is 20.9 Å². The van der Waals surface area contributed by atoms with Gasteiger partial charge in [-0.3, -0.25) is 38.9 Å². The lowest BCUT2D eigenvalue weighted by atomic mass is 10.0. The van der Waals surface area contributed by atoms with Crippen LogP contribution in [0.1, 0.15) is 70.8 Å². The van der Waals surface area contributed by atoms with E-state index in [9.17, 15) is 28.4 Å². The summed E-state index contributed by atoms with van der Waals surface area (Å²) in [6, 6.07) is 4.03. The molecule has 0 radical (unpaired) electrons. The first-order valence-corrected chi connectivity index (χ1v) is 13.0. The molecule has 4 heterocycles. The van der Waals surface area contributed by atoms with Gasteiger partial charge < -0.3 is 10.2 Å². The van der Waals surface area contributed by atoms with E-state index in [4.69, 9.17) is 0 Å². The molecule has 1 aromatic heterocycles. The fourth-order valence-corrected chi connectivity index (χ4v) is 5.31. The van der Waals surface area contributed by atoms with Gasteiger partial charge in [0.15, 0.2) is 0 Å². The molecule has 2 fully saturated rings. The summed E-state index contributed by atoms with van der Waals surface area (Å²) in [5.41, 5.74) is 1.75. The Balaban J connectivity index is 1.20. The molecule has 204 valence electrons. The van der Waals surface area contributed by atoms with Gasteiger partial charge in [-0.15, -0.1) is 0 Å². The van der Waals surface area contributed by atoms with Gasteiger partial charge in [0.05, 0.1) is 29.2 Å². The van der Waals surface area contributed by atoms with Crippen LogP contribution >= 0.6 is 0 Å². The zero-order valence-corrected chi connectivity index (χ0v) is 21.3. The number of rotatable bonds is 8. The fourth-order valence-electron chi connectivity index (χ4n) is 5.31. The van der Waals surface area contributed by atoms with E-state index in [0.29, 0.717) is 25.3 Å². The van der Waals surface area contributed by atoms with Gasteiger partial charge in [0.2, 0.25) is 17.7 Å². The van der Waals surface area contributed by atoms with Crippen LogP contribution in [0.5, 0.6) is 0 Å². The zero-order chi connectivity index (χ0) is 27.7. The highest BCUT2D eigenvalue weighted by Crippen LogP contribution is 2.32. The highest BCUT2D eigenvalue weighted by atomic mass is 19.1. The molecule has 2 N–H and O–H groups in total. The number of carbonyl (C=O) groups is 5. The second-order valence-corrected chi connectivity index (χ2v) is 9.99. The molecular formula is C27H29FN6O5. The predicted octanol–water partition coefficient (Wildman–Crippen LogP) is 2.32. The van der Waals surface area contributed by atoms with Crippen LogP contribution in [-0.4, -0.2) is 68.2 Å². The van der Waals surface area contributed by atoms with Crippen LogP contribution in [0, 0.1) is 0 Å². The maximum Gasteiger partial charge on any atom is 0.264 e. The van der Waals surface area contributed by atoms with Gasteiger partial charge in [0.25, 0.3) is 11.8 Å². The Morgan fingerprint density at radius 1 is 1.10 bits per heavy atom. The third kappa shape index (κ3) is 5.31. The van der Waals surface area contributed by atoms with Gasteiger partial charge >= 0.3 is 0 Å². The summed E-state index contributed by atoms with van der Waals surface area (Å²) in [5, 5.41) is 9.89. The number of hydrogen-bond donors (Lipinski definition) is 2. The Bertz CT molecular complexity index is 1360. The number of piperidine rings is 2. The first-order valence-electron chi connectivity index (χ1n) is 13.0. The number of aromatic nitrogens is 2. The van der Waals surface area contributed by atoms with Gasteiger partial charge in [-0.2, -0.15) is 5.10 Å². The summed E-state index contributed by atoms with van der Waals surface area (Å²) in [4.78, 5) is 65.1. The normalized spacial score (nSPS) is 19.8. The van der Waals surface area contributed by atoms with Gasteiger partial charge in [-0.1, -0.05) is 12.6 Å². The fraction of sp³-hybridized carbons (Fsp3) is 0.407. The molecule has 1 unspecified atom stereocenters. The number of likely N-dealkylation sites (tertiary alicyclic amines) is 1. The molecule has 0 spiro atoms. The Kier molecular flexibility index (Phi) is 7.27. The van der Waals surface area contributed by atoms with Crippen LogP contribution in [0.3, 0.4) is 0 Å². The molecule has 5 rings (SSSR count). The Morgan fingerprint density at radius 2 is 1.87 bits per heavy atom. The lowest BCUT2D eigenvalue weighted by Gasteiger charge is -2.32. The topological polar surface area (TPSA) is 134 Å². The standard InChI is InChI=1S/C27H29FN6O5/c1-16(28)5-8-23(36)32-11-9-18(10-12-32)33-15-17(14-30-33)13-29-20-4-2-3-19-24(20)27(39)34(26(19)38)21-6-7-22(35)31-25(21)37/h2-4,14-15,18,21,29H,1,5-13H2,(H,31,35,37). The largest absolute Gasteiger partial charge is 0.380 e. The summed E-state index contributed by atoms with van der Waals surface area (Å²) in [7, 11) is 0.